The molecule has 0 fully saturated rings. The molecule has 0 heterocycles. The number of halogens is 1. The standard InChI is InChI=1S/C17H24BrNO5/c1-12(23-14-8-6-13(18)7-9-14)15(20)22-11-5-10-19-16(21)24-17(2,3)4/h6-9,12H,5,10-11H2,1-4H3,(H,19,21). The minimum Gasteiger partial charge on any atom is -0.479 e. The first-order valence-corrected chi connectivity index (χ1v) is 8.52. The van der Waals surface area contributed by atoms with E-state index in [2.05, 4.69) is 21.2 Å². The number of hydrogen-bond donors (Lipinski definition) is 1. The van der Waals surface area contributed by atoms with E-state index in [1.807, 2.05) is 12.1 Å². The van der Waals surface area contributed by atoms with Crippen LogP contribution in [0, 0.1) is 0 Å². The molecular weight excluding hydrogens is 378 g/mol. The number of carbonyl (C=O) groups is 2. The number of rotatable bonds is 7. The van der Waals surface area contributed by atoms with Crippen LogP contribution >= 0.6 is 15.9 Å². The van der Waals surface area contributed by atoms with Gasteiger partial charge in [-0.2, -0.15) is 0 Å². The van der Waals surface area contributed by atoms with Gasteiger partial charge in [0.05, 0.1) is 6.61 Å². The zero-order valence-corrected chi connectivity index (χ0v) is 16.0. The Labute approximate surface area is 151 Å². The van der Waals surface area contributed by atoms with Crippen molar-refractivity contribution in [2.24, 2.45) is 0 Å². The van der Waals surface area contributed by atoms with Gasteiger partial charge < -0.3 is 19.5 Å². The molecule has 1 amide bonds. The summed E-state index contributed by atoms with van der Waals surface area (Å²) in [5.74, 6) is 0.143. The maximum absolute atomic E-state index is 11.8. The Morgan fingerprint density at radius 1 is 1.21 bits per heavy atom. The van der Waals surface area contributed by atoms with Gasteiger partial charge in [0.1, 0.15) is 11.4 Å². The average molecular weight is 402 g/mol. The molecule has 7 heteroatoms. The van der Waals surface area contributed by atoms with Crippen molar-refractivity contribution < 1.29 is 23.8 Å². The van der Waals surface area contributed by atoms with Gasteiger partial charge in [0.2, 0.25) is 0 Å². The van der Waals surface area contributed by atoms with Crippen LogP contribution in [0.5, 0.6) is 5.75 Å². The van der Waals surface area contributed by atoms with E-state index >= 15 is 0 Å². The Balaban J connectivity index is 2.19. The molecule has 0 aromatic heterocycles. The van der Waals surface area contributed by atoms with E-state index in [9.17, 15) is 9.59 Å². The van der Waals surface area contributed by atoms with E-state index in [1.165, 1.54) is 0 Å². The summed E-state index contributed by atoms with van der Waals surface area (Å²) in [5.41, 5.74) is -0.531. The molecule has 0 radical (unpaired) electrons. The third kappa shape index (κ3) is 8.76. The molecular formula is C17H24BrNO5. The molecule has 1 N–H and O–H groups in total. The summed E-state index contributed by atoms with van der Waals surface area (Å²) in [6, 6.07) is 7.18. The predicted octanol–water partition coefficient (Wildman–Crippen LogP) is 3.67. The maximum Gasteiger partial charge on any atom is 0.407 e. The van der Waals surface area contributed by atoms with Crippen molar-refractivity contribution >= 4 is 28.0 Å². The predicted molar refractivity (Wildman–Crippen MR) is 94.0 cm³/mol. The molecule has 1 unspecified atom stereocenters. The van der Waals surface area contributed by atoms with Crippen LogP contribution in [0.1, 0.15) is 34.1 Å². The summed E-state index contributed by atoms with van der Waals surface area (Å²) < 4.78 is 16.6. The zero-order chi connectivity index (χ0) is 18.2. The molecule has 1 atom stereocenters. The topological polar surface area (TPSA) is 73.9 Å². The second kappa shape index (κ2) is 9.52. The lowest BCUT2D eigenvalue weighted by molar-refractivity contribution is -0.151. The van der Waals surface area contributed by atoms with E-state index in [1.54, 1.807) is 39.8 Å². The molecule has 0 bridgehead atoms. The maximum atomic E-state index is 11.8. The number of esters is 1. The normalized spacial score (nSPS) is 12.2. The van der Waals surface area contributed by atoms with Gasteiger partial charge in [-0.25, -0.2) is 9.59 Å². The number of alkyl carbamates (subject to hydrolysis) is 1. The minimum absolute atomic E-state index is 0.197. The van der Waals surface area contributed by atoms with E-state index < -0.39 is 23.8 Å². The fraction of sp³-hybridized carbons (Fsp3) is 0.529. The Kier molecular flexibility index (Phi) is 8.04. The molecule has 0 aliphatic carbocycles. The quantitative estimate of drug-likeness (QED) is 0.557. The highest BCUT2D eigenvalue weighted by atomic mass is 79.9. The van der Waals surface area contributed by atoms with Gasteiger partial charge in [0.15, 0.2) is 6.10 Å². The van der Waals surface area contributed by atoms with Crippen LogP contribution in [0.15, 0.2) is 28.7 Å². The summed E-state index contributed by atoms with van der Waals surface area (Å²) in [6.45, 7) is 7.57. The Morgan fingerprint density at radius 3 is 2.42 bits per heavy atom. The number of benzene rings is 1. The van der Waals surface area contributed by atoms with Crippen LogP contribution in [-0.2, 0) is 14.3 Å². The molecule has 6 nitrogen and oxygen atoms in total. The van der Waals surface area contributed by atoms with Crippen molar-refractivity contribution in [2.45, 2.75) is 45.8 Å². The fourth-order valence-corrected chi connectivity index (χ4v) is 1.90. The highest BCUT2D eigenvalue weighted by molar-refractivity contribution is 9.10. The van der Waals surface area contributed by atoms with Crippen LogP contribution in [0.3, 0.4) is 0 Å². The lowest BCUT2D eigenvalue weighted by Gasteiger charge is -2.19. The number of hydrogen-bond acceptors (Lipinski definition) is 5. The lowest BCUT2D eigenvalue weighted by Crippen LogP contribution is -2.33. The smallest absolute Gasteiger partial charge is 0.407 e. The Hall–Kier alpha value is -1.76. The SMILES string of the molecule is CC(Oc1ccc(Br)cc1)C(=O)OCCCNC(=O)OC(C)(C)C. The van der Waals surface area contributed by atoms with E-state index in [4.69, 9.17) is 14.2 Å². The van der Waals surface area contributed by atoms with Gasteiger partial charge in [-0.05, 0) is 58.4 Å². The molecule has 0 aliphatic rings. The van der Waals surface area contributed by atoms with Gasteiger partial charge in [-0.3, -0.25) is 0 Å². The highest BCUT2D eigenvalue weighted by Gasteiger charge is 2.17. The van der Waals surface area contributed by atoms with E-state index in [-0.39, 0.29) is 6.61 Å². The third-order valence-electron chi connectivity index (χ3n) is 2.69. The van der Waals surface area contributed by atoms with Crippen LogP contribution in [0.2, 0.25) is 0 Å². The van der Waals surface area contributed by atoms with Crippen LogP contribution in [-0.4, -0.2) is 36.9 Å². The van der Waals surface area contributed by atoms with Crippen molar-refractivity contribution in [1.29, 1.82) is 0 Å². The average Bonchev–Trinajstić information content (AvgIpc) is 2.47. The summed E-state index contributed by atoms with van der Waals surface area (Å²) in [7, 11) is 0. The minimum atomic E-state index is -0.704. The van der Waals surface area contributed by atoms with Crippen molar-refractivity contribution in [2.75, 3.05) is 13.2 Å². The second-order valence-corrected chi connectivity index (χ2v) is 7.08. The second-order valence-electron chi connectivity index (χ2n) is 6.16. The number of carbonyl (C=O) groups excluding carboxylic acids is 2. The van der Waals surface area contributed by atoms with Crippen LogP contribution < -0.4 is 10.1 Å². The summed E-state index contributed by atoms with van der Waals surface area (Å²) in [5, 5.41) is 2.60. The zero-order valence-electron chi connectivity index (χ0n) is 14.4. The Bertz CT molecular complexity index is 539. The first-order chi connectivity index (χ1) is 11.2. The molecule has 1 rings (SSSR count). The van der Waals surface area contributed by atoms with Gasteiger partial charge in [0.25, 0.3) is 0 Å². The fourth-order valence-electron chi connectivity index (χ4n) is 1.63. The highest BCUT2D eigenvalue weighted by Crippen LogP contribution is 2.17. The van der Waals surface area contributed by atoms with E-state index in [0.717, 1.165) is 4.47 Å². The van der Waals surface area contributed by atoms with Gasteiger partial charge in [-0.15, -0.1) is 0 Å². The molecule has 1 aromatic carbocycles. The molecule has 0 aliphatic heterocycles. The van der Waals surface area contributed by atoms with Gasteiger partial charge >= 0.3 is 12.1 Å². The van der Waals surface area contributed by atoms with Crippen molar-refractivity contribution in [3.05, 3.63) is 28.7 Å². The molecule has 134 valence electrons. The van der Waals surface area contributed by atoms with Crippen LogP contribution in [0.25, 0.3) is 0 Å². The van der Waals surface area contributed by atoms with Crippen molar-refractivity contribution in [3.63, 3.8) is 0 Å². The van der Waals surface area contributed by atoms with Crippen molar-refractivity contribution in [1.82, 2.24) is 5.32 Å². The molecule has 0 spiro atoms. The largest absolute Gasteiger partial charge is 0.479 e. The molecule has 0 saturated carbocycles. The van der Waals surface area contributed by atoms with Gasteiger partial charge in [0, 0.05) is 11.0 Å². The monoisotopic (exact) mass is 401 g/mol. The lowest BCUT2D eigenvalue weighted by atomic mass is 10.2. The summed E-state index contributed by atoms with van der Waals surface area (Å²) in [6.07, 6.45) is -0.693. The molecule has 0 saturated heterocycles. The van der Waals surface area contributed by atoms with Gasteiger partial charge in [-0.1, -0.05) is 15.9 Å². The summed E-state index contributed by atoms with van der Waals surface area (Å²) in [4.78, 5) is 23.3. The first kappa shape index (κ1) is 20.3. The van der Waals surface area contributed by atoms with Crippen LogP contribution in [0.4, 0.5) is 4.79 Å². The van der Waals surface area contributed by atoms with E-state index in [0.29, 0.717) is 18.7 Å². The number of ether oxygens (including phenoxy) is 3. The third-order valence-corrected chi connectivity index (χ3v) is 3.22. The van der Waals surface area contributed by atoms with Crippen molar-refractivity contribution in [3.8, 4) is 5.75 Å². The first-order valence-electron chi connectivity index (χ1n) is 7.73. The summed E-state index contributed by atoms with van der Waals surface area (Å²) >= 11 is 3.33. The molecule has 24 heavy (non-hydrogen) atoms. The Morgan fingerprint density at radius 2 is 1.83 bits per heavy atom. The number of amides is 1. The number of nitrogens with one attached hydrogen (secondary N) is 1. The molecule has 1 aromatic rings.